The van der Waals surface area contributed by atoms with Gasteiger partial charge in [0.1, 0.15) is 6.04 Å². The van der Waals surface area contributed by atoms with Crippen molar-refractivity contribution in [3.63, 3.8) is 0 Å². The maximum Gasteiger partial charge on any atom is 0.243 e. The quantitative estimate of drug-likeness (QED) is 0.469. The maximum atomic E-state index is 13.1. The van der Waals surface area contributed by atoms with Crippen molar-refractivity contribution in [3.8, 4) is 11.3 Å². The molecule has 33 heavy (non-hydrogen) atoms. The summed E-state index contributed by atoms with van der Waals surface area (Å²) in [6, 6.07) is 7.45. The number of rotatable bonds is 8. The number of carbonyl (C=O) groups excluding carboxylic acids is 3. The summed E-state index contributed by atoms with van der Waals surface area (Å²) in [6.07, 6.45) is 6.24. The van der Waals surface area contributed by atoms with E-state index in [9.17, 15) is 14.4 Å². The Kier molecular flexibility index (Phi) is 7.08. The number of nitrogens with zero attached hydrogens (tertiary/aromatic N) is 2. The smallest absolute Gasteiger partial charge is 0.243 e. The molecule has 2 aromatic rings. The second-order valence-electron chi connectivity index (χ2n) is 9.34. The van der Waals surface area contributed by atoms with Crippen molar-refractivity contribution in [2.45, 2.75) is 52.5 Å². The first-order chi connectivity index (χ1) is 15.8. The molecule has 1 N–H and O–H groups in total. The van der Waals surface area contributed by atoms with E-state index in [1.54, 1.807) is 11.3 Å². The summed E-state index contributed by atoms with van der Waals surface area (Å²) in [5.74, 6) is -1.07. The number of amides is 3. The first-order valence-corrected chi connectivity index (χ1v) is 12.5. The van der Waals surface area contributed by atoms with Gasteiger partial charge in [-0.3, -0.25) is 19.3 Å². The average molecular weight is 466 g/mol. The van der Waals surface area contributed by atoms with Gasteiger partial charge in [0, 0.05) is 17.5 Å². The molecule has 7 heteroatoms. The van der Waals surface area contributed by atoms with E-state index in [-0.39, 0.29) is 35.5 Å². The topological polar surface area (TPSA) is 79.4 Å². The molecule has 1 aliphatic heterocycles. The van der Waals surface area contributed by atoms with Crippen molar-refractivity contribution in [3.05, 3.63) is 52.4 Å². The van der Waals surface area contributed by atoms with Crippen LogP contribution in [0.15, 0.2) is 41.8 Å². The van der Waals surface area contributed by atoms with Crippen LogP contribution in [0.1, 0.15) is 43.7 Å². The Morgan fingerprint density at radius 1 is 1.12 bits per heavy atom. The lowest BCUT2D eigenvalue weighted by molar-refractivity contribution is -0.148. The van der Waals surface area contributed by atoms with Crippen molar-refractivity contribution >= 4 is 29.1 Å². The largest absolute Gasteiger partial charge is 0.354 e. The van der Waals surface area contributed by atoms with Gasteiger partial charge in [-0.25, -0.2) is 4.98 Å². The Labute approximate surface area is 199 Å². The molecule has 2 aliphatic rings. The second-order valence-corrected chi connectivity index (χ2v) is 10.4. The van der Waals surface area contributed by atoms with E-state index in [0.29, 0.717) is 32.2 Å². The highest BCUT2D eigenvalue weighted by molar-refractivity contribution is 7.09. The Hall–Kier alpha value is -2.80. The van der Waals surface area contributed by atoms with Gasteiger partial charge in [-0.05, 0) is 44.1 Å². The standard InChI is InChI=1S/C26H31N3O3S/c1-16(2)14-23(29-25(31)20-6-4-5-7-21(20)26(29)32)24(30)27-13-12-18-8-10-19(11-9-18)22-15-33-17(3)28-22/h4-5,8-11,15-16,20-21,23H,6-7,12-14H2,1-3H3,(H,27,30). The molecule has 3 atom stereocenters. The fourth-order valence-corrected chi connectivity index (χ4v) is 5.32. The highest BCUT2D eigenvalue weighted by Crippen LogP contribution is 2.37. The lowest BCUT2D eigenvalue weighted by atomic mass is 9.85. The second kappa shape index (κ2) is 10.00. The zero-order valence-electron chi connectivity index (χ0n) is 19.4. The molecule has 3 unspecified atom stereocenters. The summed E-state index contributed by atoms with van der Waals surface area (Å²) in [6.45, 7) is 6.45. The number of benzene rings is 1. The van der Waals surface area contributed by atoms with Gasteiger partial charge in [0.15, 0.2) is 0 Å². The predicted molar refractivity (Wildman–Crippen MR) is 129 cm³/mol. The summed E-state index contributed by atoms with van der Waals surface area (Å²) < 4.78 is 0. The number of hydrogen-bond acceptors (Lipinski definition) is 5. The summed E-state index contributed by atoms with van der Waals surface area (Å²) >= 11 is 1.63. The minimum Gasteiger partial charge on any atom is -0.354 e. The van der Waals surface area contributed by atoms with Crippen LogP contribution in [0.3, 0.4) is 0 Å². The number of imide groups is 1. The van der Waals surface area contributed by atoms with Crippen molar-refractivity contribution in [1.29, 1.82) is 0 Å². The van der Waals surface area contributed by atoms with E-state index in [0.717, 1.165) is 21.8 Å². The Morgan fingerprint density at radius 2 is 1.76 bits per heavy atom. The van der Waals surface area contributed by atoms with E-state index in [1.807, 2.05) is 62.6 Å². The van der Waals surface area contributed by atoms with Gasteiger partial charge >= 0.3 is 0 Å². The molecule has 0 spiro atoms. The zero-order chi connectivity index (χ0) is 23.5. The third-order valence-electron chi connectivity index (χ3n) is 6.43. The van der Waals surface area contributed by atoms with Crippen molar-refractivity contribution in [2.24, 2.45) is 17.8 Å². The fourth-order valence-electron chi connectivity index (χ4n) is 4.70. The molecular weight excluding hydrogens is 434 g/mol. The summed E-state index contributed by atoms with van der Waals surface area (Å²) in [4.78, 5) is 44.9. The van der Waals surface area contributed by atoms with Crippen LogP contribution < -0.4 is 5.32 Å². The number of carbonyl (C=O) groups is 3. The van der Waals surface area contributed by atoms with Crippen LogP contribution >= 0.6 is 11.3 Å². The Bertz CT molecular complexity index is 1030. The first-order valence-electron chi connectivity index (χ1n) is 11.7. The summed E-state index contributed by atoms with van der Waals surface area (Å²) in [7, 11) is 0. The molecule has 0 bridgehead atoms. The van der Waals surface area contributed by atoms with E-state index >= 15 is 0 Å². The molecule has 1 aromatic carbocycles. The number of fused-ring (bicyclic) bond motifs is 1. The highest BCUT2D eigenvalue weighted by atomic mass is 32.1. The van der Waals surface area contributed by atoms with Crippen LogP contribution in [0.4, 0.5) is 0 Å². The van der Waals surface area contributed by atoms with Gasteiger partial charge in [-0.15, -0.1) is 11.3 Å². The number of hydrogen-bond donors (Lipinski definition) is 1. The number of aromatic nitrogens is 1. The van der Waals surface area contributed by atoms with Gasteiger partial charge in [0.25, 0.3) is 0 Å². The molecule has 1 saturated heterocycles. The molecule has 1 aromatic heterocycles. The van der Waals surface area contributed by atoms with Gasteiger partial charge in [0.2, 0.25) is 17.7 Å². The van der Waals surface area contributed by atoms with Gasteiger partial charge in [0.05, 0.1) is 22.5 Å². The molecule has 174 valence electrons. The minimum absolute atomic E-state index is 0.184. The van der Waals surface area contributed by atoms with Crippen molar-refractivity contribution < 1.29 is 14.4 Å². The number of aryl methyl sites for hydroxylation is 1. The third kappa shape index (κ3) is 5.08. The van der Waals surface area contributed by atoms with Crippen LogP contribution in [0.5, 0.6) is 0 Å². The highest BCUT2D eigenvalue weighted by Gasteiger charge is 2.51. The van der Waals surface area contributed by atoms with Gasteiger partial charge in [-0.2, -0.15) is 0 Å². The molecule has 4 rings (SSSR count). The van der Waals surface area contributed by atoms with Gasteiger partial charge < -0.3 is 5.32 Å². The molecule has 3 amide bonds. The molecule has 2 heterocycles. The Balaban J connectivity index is 1.38. The Morgan fingerprint density at radius 3 is 2.30 bits per heavy atom. The van der Waals surface area contributed by atoms with E-state index in [1.165, 1.54) is 4.90 Å². The lowest BCUT2D eigenvalue weighted by Gasteiger charge is -2.27. The fraction of sp³-hybridized carbons (Fsp3) is 0.462. The lowest BCUT2D eigenvalue weighted by Crippen LogP contribution is -2.51. The van der Waals surface area contributed by atoms with Crippen molar-refractivity contribution in [2.75, 3.05) is 6.54 Å². The van der Waals surface area contributed by atoms with Crippen LogP contribution in [0, 0.1) is 24.7 Å². The van der Waals surface area contributed by atoms with Crippen molar-refractivity contribution in [1.82, 2.24) is 15.2 Å². The molecule has 1 aliphatic carbocycles. The predicted octanol–water partition coefficient (Wildman–Crippen LogP) is 4.14. The average Bonchev–Trinajstić information content (AvgIpc) is 3.34. The molecular formula is C26H31N3O3S. The number of thiazole rings is 1. The van der Waals surface area contributed by atoms with Crippen LogP contribution in [0.2, 0.25) is 0 Å². The number of likely N-dealkylation sites (tertiary alicyclic amines) is 1. The number of allylic oxidation sites excluding steroid dienone is 2. The van der Waals surface area contributed by atoms with Gasteiger partial charge in [-0.1, -0.05) is 50.3 Å². The molecule has 0 saturated carbocycles. The molecule has 0 radical (unpaired) electrons. The van der Waals surface area contributed by atoms with E-state index in [2.05, 4.69) is 10.3 Å². The molecule has 1 fully saturated rings. The number of nitrogens with one attached hydrogen (secondary N) is 1. The van der Waals surface area contributed by atoms with E-state index in [4.69, 9.17) is 0 Å². The van der Waals surface area contributed by atoms with Crippen LogP contribution in [-0.2, 0) is 20.8 Å². The van der Waals surface area contributed by atoms with Crippen LogP contribution in [0.25, 0.3) is 11.3 Å². The normalized spacial score (nSPS) is 20.9. The monoisotopic (exact) mass is 465 g/mol. The summed E-state index contributed by atoms with van der Waals surface area (Å²) in [5, 5.41) is 6.06. The minimum atomic E-state index is -0.745. The SMILES string of the molecule is Cc1nc(-c2ccc(CCNC(=O)C(CC(C)C)N3C(=O)C4CC=CCC4C3=O)cc2)cs1. The van der Waals surface area contributed by atoms with E-state index < -0.39 is 6.04 Å². The zero-order valence-corrected chi connectivity index (χ0v) is 20.2. The molecule has 6 nitrogen and oxygen atoms in total. The first kappa shape index (κ1) is 23.4. The maximum absolute atomic E-state index is 13.1. The third-order valence-corrected chi connectivity index (χ3v) is 7.21. The summed E-state index contributed by atoms with van der Waals surface area (Å²) in [5.41, 5.74) is 3.16. The van der Waals surface area contributed by atoms with Crippen LogP contribution in [-0.4, -0.2) is 40.2 Å².